The molecule has 0 saturated carbocycles. The molecule has 0 saturated heterocycles. The summed E-state index contributed by atoms with van der Waals surface area (Å²) < 4.78 is 7.09. The molecule has 0 bridgehead atoms. The molecule has 0 radical (unpaired) electrons. The highest BCUT2D eigenvalue weighted by atomic mass is 35.5. The van der Waals surface area contributed by atoms with Crippen LogP contribution in [-0.4, -0.2) is 30.2 Å². The van der Waals surface area contributed by atoms with Crippen molar-refractivity contribution in [3.05, 3.63) is 97.4 Å². The third-order valence-electron chi connectivity index (χ3n) is 5.59. The van der Waals surface area contributed by atoms with E-state index < -0.39 is 5.60 Å². The van der Waals surface area contributed by atoms with E-state index in [1.807, 2.05) is 53.1 Å². The molecule has 0 aliphatic rings. The number of ether oxygens (including phenoxy) is 1. The van der Waals surface area contributed by atoms with Gasteiger partial charge in [0.05, 0.1) is 10.6 Å². The smallest absolute Gasteiger partial charge is 0.338 e. The van der Waals surface area contributed by atoms with Crippen LogP contribution in [0.5, 0.6) is 0 Å². The average Bonchev–Trinajstić information content (AvgIpc) is 2.79. The number of aryl methyl sites for hydroxylation is 2. The predicted octanol–water partition coefficient (Wildman–Crippen LogP) is 6.20. The molecule has 186 valence electrons. The Morgan fingerprint density at radius 3 is 2.23 bits per heavy atom. The molecule has 1 heterocycles. The molecule has 35 heavy (non-hydrogen) atoms. The van der Waals surface area contributed by atoms with Crippen LogP contribution in [0.2, 0.25) is 10.0 Å². The van der Waals surface area contributed by atoms with Crippen molar-refractivity contribution in [3.63, 3.8) is 0 Å². The normalized spacial score (nSPS) is 11.4. The van der Waals surface area contributed by atoms with Crippen LogP contribution in [0, 0.1) is 0 Å². The number of rotatable bonds is 8. The van der Waals surface area contributed by atoms with Gasteiger partial charge in [-0.05, 0) is 81.5 Å². The van der Waals surface area contributed by atoms with Crippen molar-refractivity contribution in [2.24, 2.45) is 0 Å². The maximum Gasteiger partial charge on any atom is 0.338 e. The van der Waals surface area contributed by atoms with Crippen LogP contribution in [0.15, 0.2) is 59.4 Å². The lowest BCUT2D eigenvalue weighted by molar-refractivity contribution is 0.00695. The van der Waals surface area contributed by atoms with E-state index >= 15 is 0 Å². The van der Waals surface area contributed by atoms with Crippen molar-refractivity contribution in [3.8, 4) is 0 Å². The lowest BCUT2D eigenvalue weighted by atomic mass is 10.1. The van der Waals surface area contributed by atoms with E-state index in [9.17, 15) is 9.59 Å². The summed E-state index contributed by atoms with van der Waals surface area (Å²) in [5.41, 5.74) is 3.74. The predicted molar refractivity (Wildman–Crippen MR) is 144 cm³/mol. The molecule has 3 rings (SSSR count). The first-order chi connectivity index (χ1) is 16.4. The second-order valence-corrected chi connectivity index (χ2v) is 10.6. The Labute approximate surface area is 217 Å². The third-order valence-corrected chi connectivity index (χ3v) is 6.19. The van der Waals surface area contributed by atoms with Crippen molar-refractivity contribution < 1.29 is 9.53 Å². The van der Waals surface area contributed by atoms with Crippen LogP contribution < -0.4 is 10.5 Å². The molecule has 3 aromatic rings. The molecule has 5 nitrogen and oxygen atoms in total. The van der Waals surface area contributed by atoms with Gasteiger partial charge in [-0.25, -0.2) is 4.79 Å². The quantitative estimate of drug-likeness (QED) is 0.335. The number of pyridine rings is 1. The summed E-state index contributed by atoms with van der Waals surface area (Å²) in [4.78, 5) is 27.2. The number of anilines is 1. The van der Waals surface area contributed by atoms with Gasteiger partial charge in [0.2, 0.25) is 0 Å². The molecule has 0 spiro atoms. The number of hydrogen-bond acceptors (Lipinski definition) is 4. The third kappa shape index (κ3) is 7.36. The van der Waals surface area contributed by atoms with Crippen LogP contribution in [0.25, 0.3) is 0 Å². The van der Waals surface area contributed by atoms with Crippen LogP contribution in [0.4, 0.5) is 5.69 Å². The molecule has 7 heteroatoms. The highest BCUT2D eigenvalue weighted by Crippen LogP contribution is 2.22. The molecule has 2 aromatic carbocycles. The van der Waals surface area contributed by atoms with Gasteiger partial charge >= 0.3 is 5.97 Å². The first-order valence-corrected chi connectivity index (χ1v) is 12.4. The van der Waals surface area contributed by atoms with E-state index in [-0.39, 0.29) is 16.6 Å². The van der Waals surface area contributed by atoms with E-state index in [2.05, 4.69) is 23.1 Å². The van der Waals surface area contributed by atoms with Crippen molar-refractivity contribution in [2.75, 3.05) is 19.0 Å². The van der Waals surface area contributed by atoms with Gasteiger partial charge in [-0.1, -0.05) is 47.5 Å². The SMILES string of the molecule is CN(C)c1cccc(CCc2c(Cl)cc(Cl)c(=O)n2CCc2ccc(C(=O)OC(C)(C)C)cc2)c1. The van der Waals surface area contributed by atoms with Gasteiger partial charge in [-0.2, -0.15) is 0 Å². The van der Waals surface area contributed by atoms with E-state index in [0.717, 1.165) is 23.4 Å². The zero-order valence-electron chi connectivity index (χ0n) is 20.9. The number of nitrogens with zero attached hydrogens (tertiary/aromatic N) is 2. The van der Waals surface area contributed by atoms with Crippen LogP contribution in [0.1, 0.15) is 48.0 Å². The molecule has 0 N–H and O–H groups in total. The fraction of sp³-hybridized carbons (Fsp3) is 0.357. The summed E-state index contributed by atoms with van der Waals surface area (Å²) in [5.74, 6) is -0.359. The zero-order valence-corrected chi connectivity index (χ0v) is 22.4. The minimum absolute atomic E-state index is 0.105. The Morgan fingerprint density at radius 1 is 0.914 bits per heavy atom. The van der Waals surface area contributed by atoms with Crippen LogP contribution in [-0.2, 0) is 30.5 Å². The lowest BCUT2D eigenvalue weighted by Crippen LogP contribution is -2.26. The van der Waals surface area contributed by atoms with Crippen molar-refractivity contribution >= 4 is 34.9 Å². The van der Waals surface area contributed by atoms with E-state index in [0.29, 0.717) is 30.0 Å². The Hall–Kier alpha value is -2.76. The summed E-state index contributed by atoms with van der Waals surface area (Å²) in [5, 5.41) is 0.590. The van der Waals surface area contributed by atoms with Gasteiger partial charge < -0.3 is 14.2 Å². The minimum atomic E-state index is -0.549. The maximum absolute atomic E-state index is 12.9. The fourth-order valence-electron chi connectivity index (χ4n) is 3.77. The highest BCUT2D eigenvalue weighted by Gasteiger charge is 2.18. The molecule has 0 amide bonds. The van der Waals surface area contributed by atoms with Gasteiger partial charge in [0, 0.05) is 32.0 Å². The number of aromatic nitrogens is 1. The summed E-state index contributed by atoms with van der Waals surface area (Å²) in [7, 11) is 4.01. The monoisotopic (exact) mass is 514 g/mol. The molecule has 0 aliphatic heterocycles. The lowest BCUT2D eigenvalue weighted by Gasteiger charge is -2.19. The van der Waals surface area contributed by atoms with Crippen molar-refractivity contribution in [2.45, 2.75) is 52.2 Å². The number of benzene rings is 2. The van der Waals surface area contributed by atoms with Gasteiger partial charge in [0.25, 0.3) is 5.56 Å². The van der Waals surface area contributed by atoms with Gasteiger partial charge in [0.1, 0.15) is 10.6 Å². The standard InChI is InChI=1S/C28H32Cl2N2O3/c1-28(2,3)35-27(34)21-12-9-19(10-13-21)15-16-32-25(23(29)18-24(30)26(32)33)14-11-20-7-6-8-22(17-20)31(4)5/h6-10,12-13,17-18H,11,14-16H2,1-5H3. The van der Waals surface area contributed by atoms with Gasteiger partial charge in [0.15, 0.2) is 0 Å². The molecule has 0 atom stereocenters. The largest absolute Gasteiger partial charge is 0.456 e. The Kier molecular flexibility index (Phi) is 8.68. The highest BCUT2D eigenvalue weighted by molar-refractivity contribution is 6.34. The Balaban J connectivity index is 1.76. The second-order valence-electron chi connectivity index (χ2n) is 9.76. The summed E-state index contributed by atoms with van der Waals surface area (Å²) in [6.07, 6.45) is 1.95. The Bertz CT molecular complexity index is 1240. The number of halogens is 2. The van der Waals surface area contributed by atoms with Crippen LogP contribution >= 0.6 is 23.2 Å². The van der Waals surface area contributed by atoms with Gasteiger partial charge in [-0.15, -0.1) is 0 Å². The van der Waals surface area contributed by atoms with E-state index in [1.165, 1.54) is 11.6 Å². The number of esters is 1. The number of hydrogen-bond donors (Lipinski definition) is 0. The van der Waals surface area contributed by atoms with Crippen molar-refractivity contribution in [1.82, 2.24) is 4.57 Å². The molecule has 0 unspecified atom stereocenters. The van der Waals surface area contributed by atoms with Crippen LogP contribution in [0.3, 0.4) is 0 Å². The number of carbonyl (C=O) groups excluding carboxylic acids is 1. The molecular weight excluding hydrogens is 483 g/mol. The van der Waals surface area contributed by atoms with Crippen molar-refractivity contribution in [1.29, 1.82) is 0 Å². The molecule has 0 fully saturated rings. The zero-order chi connectivity index (χ0) is 25.8. The first-order valence-electron chi connectivity index (χ1n) is 11.6. The van der Waals surface area contributed by atoms with E-state index in [4.69, 9.17) is 27.9 Å². The molecule has 1 aromatic heterocycles. The number of carbonyl (C=O) groups is 1. The summed E-state index contributed by atoms with van der Waals surface area (Å²) in [6, 6.07) is 17.1. The first kappa shape index (κ1) is 26.8. The maximum atomic E-state index is 12.9. The second kappa shape index (κ2) is 11.3. The van der Waals surface area contributed by atoms with E-state index in [1.54, 1.807) is 16.7 Å². The average molecular weight is 515 g/mol. The summed E-state index contributed by atoms with van der Waals surface area (Å²) in [6.45, 7) is 5.94. The fourth-order valence-corrected chi connectivity index (χ4v) is 4.34. The Morgan fingerprint density at radius 2 is 1.60 bits per heavy atom. The molecular formula is C28H32Cl2N2O3. The minimum Gasteiger partial charge on any atom is -0.456 e. The molecule has 0 aliphatic carbocycles. The van der Waals surface area contributed by atoms with Gasteiger partial charge in [-0.3, -0.25) is 4.79 Å². The topological polar surface area (TPSA) is 51.5 Å². The summed E-state index contributed by atoms with van der Waals surface area (Å²) >= 11 is 12.7.